The zero-order valence-corrected chi connectivity index (χ0v) is 8.37. The minimum atomic E-state index is 0.233. The fourth-order valence-electron chi connectivity index (χ4n) is 1.49. The maximum Gasteiger partial charge on any atom is 0.0436 e. The number of hydrogen-bond acceptors (Lipinski definition) is 1. The van der Waals surface area contributed by atoms with Crippen molar-refractivity contribution in [2.45, 2.75) is 18.8 Å². The predicted octanol–water partition coefficient (Wildman–Crippen LogP) is 2.78. The maximum atomic E-state index is 8.88. The summed E-state index contributed by atoms with van der Waals surface area (Å²) in [4.78, 5) is 0. The summed E-state index contributed by atoms with van der Waals surface area (Å²) in [6.45, 7) is 0.233. The number of aliphatic hydroxyl groups excluding tert-OH is 1. The summed E-state index contributed by atoms with van der Waals surface area (Å²) in [6.07, 6.45) is 1.74. The van der Waals surface area contributed by atoms with Gasteiger partial charge in [0.2, 0.25) is 0 Å². The average molecular weight is 199 g/mol. The van der Waals surface area contributed by atoms with Crippen molar-refractivity contribution in [3.05, 3.63) is 35.9 Å². The molecule has 1 N–H and O–H groups in total. The van der Waals surface area contributed by atoms with E-state index in [9.17, 15) is 0 Å². The van der Waals surface area contributed by atoms with Crippen molar-refractivity contribution in [2.24, 2.45) is 0 Å². The van der Waals surface area contributed by atoms with Crippen LogP contribution in [0.15, 0.2) is 30.3 Å². The second kappa shape index (κ2) is 6.01. The first-order valence-electron chi connectivity index (χ1n) is 4.60. The number of rotatable bonds is 5. The van der Waals surface area contributed by atoms with Gasteiger partial charge in [0.15, 0.2) is 0 Å². The molecule has 72 valence electrons. The van der Waals surface area contributed by atoms with Crippen LogP contribution >= 0.6 is 11.6 Å². The van der Waals surface area contributed by atoms with E-state index in [-0.39, 0.29) is 6.61 Å². The highest BCUT2D eigenvalue weighted by atomic mass is 35.5. The van der Waals surface area contributed by atoms with Crippen LogP contribution in [0.5, 0.6) is 0 Å². The van der Waals surface area contributed by atoms with E-state index in [0.717, 1.165) is 12.8 Å². The molecule has 0 aromatic heterocycles. The van der Waals surface area contributed by atoms with Crippen molar-refractivity contribution in [1.29, 1.82) is 0 Å². The highest BCUT2D eigenvalue weighted by Crippen LogP contribution is 2.23. The third kappa shape index (κ3) is 3.37. The van der Waals surface area contributed by atoms with Gasteiger partial charge in [-0.15, -0.1) is 11.6 Å². The smallest absolute Gasteiger partial charge is 0.0436 e. The molecular formula is C11H15ClO. The average Bonchev–Trinajstić information content (AvgIpc) is 2.19. The zero-order chi connectivity index (χ0) is 9.52. The summed E-state index contributed by atoms with van der Waals surface area (Å²) >= 11 is 5.70. The molecule has 2 heteroatoms. The number of benzene rings is 1. The summed E-state index contributed by atoms with van der Waals surface area (Å²) in [5, 5.41) is 8.88. The summed E-state index contributed by atoms with van der Waals surface area (Å²) in [5.41, 5.74) is 1.28. The summed E-state index contributed by atoms with van der Waals surface area (Å²) in [6, 6.07) is 10.2. The van der Waals surface area contributed by atoms with E-state index in [2.05, 4.69) is 12.1 Å². The Balaban J connectivity index is 2.64. The third-order valence-electron chi connectivity index (χ3n) is 2.21. The van der Waals surface area contributed by atoms with Gasteiger partial charge in [0.05, 0.1) is 0 Å². The molecule has 0 saturated heterocycles. The summed E-state index contributed by atoms with van der Waals surface area (Å²) in [5.74, 6) is 1.06. The number of hydrogen-bond donors (Lipinski definition) is 1. The van der Waals surface area contributed by atoms with Crippen molar-refractivity contribution in [1.82, 2.24) is 0 Å². The van der Waals surface area contributed by atoms with Crippen molar-refractivity contribution in [3.63, 3.8) is 0 Å². The van der Waals surface area contributed by atoms with Crippen LogP contribution in [-0.4, -0.2) is 17.6 Å². The lowest BCUT2D eigenvalue weighted by Crippen LogP contribution is -2.02. The van der Waals surface area contributed by atoms with Crippen LogP contribution in [0.25, 0.3) is 0 Å². The Morgan fingerprint density at radius 3 is 2.38 bits per heavy atom. The molecular weight excluding hydrogens is 184 g/mol. The molecule has 1 aromatic carbocycles. The van der Waals surface area contributed by atoms with Crippen LogP contribution in [0.1, 0.15) is 24.3 Å². The van der Waals surface area contributed by atoms with Crippen molar-refractivity contribution in [3.8, 4) is 0 Å². The Kier molecular flexibility index (Phi) is 4.87. The second-order valence-corrected chi connectivity index (χ2v) is 3.48. The molecule has 1 aromatic rings. The summed E-state index contributed by atoms with van der Waals surface area (Å²) < 4.78 is 0. The molecule has 0 fully saturated rings. The largest absolute Gasteiger partial charge is 0.396 e. The second-order valence-electron chi connectivity index (χ2n) is 3.10. The Bertz CT molecular complexity index is 217. The van der Waals surface area contributed by atoms with Gasteiger partial charge < -0.3 is 5.11 Å². The van der Waals surface area contributed by atoms with Crippen LogP contribution in [0.3, 0.4) is 0 Å². The van der Waals surface area contributed by atoms with E-state index in [1.165, 1.54) is 5.56 Å². The minimum Gasteiger partial charge on any atom is -0.396 e. The normalized spacial score (nSPS) is 12.8. The lowest BCUT2D eigenvalue weighted by molar-refractivity contribution is 0.274. The molecule has 1 nitrogen and oxygen atoms in total. The monoisotopic (exact) mass is 198 g/mol. The lowest BCUT2D eigenvalue weighted by atomic mass is 9.94. The maximum absolute atomic E-state index is 8.88. The van der Waals surface area contributed by atoms with Gasteiger partial charge in [-0.3, -0.25) is 0 Å². The molecule has 0 aliphatic carbocycles. The Labute approximate surface area is 84.4 Å². The fourth-order valence-corrected chi connectivity index (χ4v) is 1.75. The molecule has 0 amide bonds. The van der Waals surface area contributed by atoms with Gasteiger partial charge in [0.25, 0.3) is 0 Å². The number of alkyl halides is 1. The lowest BCUT2D eigenvalue weighted by Gasteiger charge is -2.14. The molecule has 0 aliphatic rings. The molecule has 1 atom stereocenters. The van der Waals surface area contributed by atoms with Gasteiger partial charge in [-0.2, -0.15) is 0 Å². The molecule has 0 heterocycles. The van der Waals surface area contributed by atoms with Gasteiger partial charge in [-0.1, -0.05) is 30.3 Å². The first-order valence-corrected chi connectivity index (χ1v) is 5.13. The van der Waals surface area contributed by atoms with Crippen molar-refractivity contribution < 1.29 is 5.11 Å². The van der Waals surface area contributed by atoms with Gasteiger partial charge in [-0.25, -0.2) is 0 Å². The van der Waals surface area contributed by atoms with Gasteiger partial charge in [0, 0.05) is 12.5 Å². The summed E-state index contributed by atoms with van der Waals surface area (Å²) in [7, 11) is 0. The van der Waals surface area contributed by atoms with Gasteiger partial charge >= 0.3 is 0 Å². The van der Waals surface area contributed by atoms with Crippen LogP contribution in [-0.2, 0) is 0 Å². The number of aliphatic hydroxyl groups is 1. The van der Waals surface area contributed by atoms with Crippen LogP contribution < -0.4 is 0 Å². The number of halogens is 1. The molecule has 1 rings (SSSR count). The molecule has 1 unspecified atom stereocenters. The zero-order valence-electron chi connectivity index (χ0n) is 7.62. The van der Waals surface area contributed by atoms with Crippen LogP contribution in [0, 0.1) is 0 Å². The Morgan fingerprint density at radius 1 is 1.15 bits per heavy atom. The minimum absolute atomic E-state index is 0.233. The van der Waals surface area contributed by atoms with E-state index >= 15 is 0 Å². The third-order valence-corrected chi connectivity index (χ3v) is 2.42. The van der Waals surface area contributed by atoms with Gasteiger partial charge in [-0.05, 0) is 24.3 Å². The highest BCUT2D eigenvalue weighted by Gasteiger charge is 2.08. The SMILES string of the molecule is OCCC(CCCl)c1ccccc1. The highest BCUT2D eigenvalue weighted by molar-refractivity contribution is 6.17. The molecule has 0 bridgehead atoms. The quantitative estimate of drug-likeness (QED) is 0.722. The van der Waals surface area contributed by atoms with E-state index < -0.39 is 0 Å². The van der Waals surface area contributed by atoms with Crippen molar-refractivity contribution >= 4 is 11.6 Å². The van der Waals surface area contributed by atoms with Crippen LogP contribution in [0.2, 0.25) is 0 Å². The van der Waals surface area contributed by atoms with Gasteiger partial charge in [0.1, 0.15) is 0 Å². The van der Waals surface area contributed by atoms with E-state index in [0.29, 0.717) is 11.8 Å². The van der Waals surface area contributed by atoms with E-state index in [1.807, 2.05) is 18.2 Å². The standard InChI is InChI=1S/C11H15ClO/c12-8-6-11(7-9-13)10-4-2-1-3-5-10/h1-5,11,13H,6-9H2. The molecule has 0 spiro atoms. The van der Waals surface area contributed by atoms with Crippen molar-refractivity contribution in [2.75, 3.05) is 12.5 Å². The topological polar surface area (TPSA) is 20.2 Å². The fraction of sp³-hybridized carbons (Fsp3) is 0.455. The molecule has 13 heavy (non-hydrogen) atoms. The van der Waals surface area contributed by atoms with E-state index in [4.69, 9.17) is 16.7 Å². The Morgan fingerprint density at radius 2 is 1.85 bits per heavy atom. The first-order chi connectivity index (χ1) is 6.38. The molecule has 0 saturated carbocycles. The predicted molar refractivity (Wildman–Crippen MR) is 56.2 cm³/mol. The molecule has 0 radical (unpaired) electrons. The Hall–Kier alpha value is -0.530. The van der Waals surface area contributed by atoms with Crippen LogP contribution in [0.4, 0.5) is 0 Å². The molecule has 0 aliphatic heterocycles. The first kappa shape index (κ1) is 10.6. The van der Waals surface area contributed by atoms with E-state index in [1.54, 1.807) is 0 Å².